The lowest BCUT2D eigenvalue weighted by Crippen LogP contribution is -2.31. The molecule has 20 heavy (non-hydrogen) atoms. The second kappa shape index (κ2) is 7.59. The third kappa shape index (κ3) is 4.45. The Hall–Kier alpha value is -1.14. The molecular weight excluding hydrogens is 278 g/mol. The summed E-state index contributed by atoms with van der Waals surface area (Å²) in [4.78, 5) is 14.7. The van der Waals surface area contributed by atoms with Crippen LogP contribution < -0.4 is 10.2 Å². The maximum absolute atomic E-state index is 5.97. The zero-order valence-corrected chi connectivity index (χ0v) is 12.9. The first-order valence-electron chi connectivity index (χ1n) is 7.13. The van der Waals surface area contributed by atoms with Crippen molar-refractivity contribution in [2.24, 2.45) is 5.92 Å². The number of nitrogens with one attached hydrogen (secondary N) is 1. The summed E-state index contributed by atoms with van der Waals surface area (Å²) in [5.74, 6) is 1.78. The van der Waals surface area contributed by atoms with Gasteiger partial charge in [-0.05, 0) is 36.8 Å². The van der Waals surface area contributed by atoms with Crippen LogP contribution in [0.15, 0.2) is 0 Å². The van der Waals surface area contributed by atoms with E-state index in [1.54, 1.807) is 0 Å². The van der Waals surface area contributed by atoms with Crippen LogP contribution in [0.3, 0.4) is 0 Å². The van der Waals surface area contributed by atoms with Gasteiger partial charge in [-0.1, -0.05) is 6.92 Å². The first kappa shape index (κ1) is 15.3. The molecule has 1 fully saturated rings. The highest BCUT2D eigenvalue weighted by Gasteiger charge is 2.18. The molecule has 0 aromatic carbocycles. The van der Waals surface area contributed by atoms with Crippen LogP contribution in [0.25, 0.3) is 0 Å². The van der Waals surface area contributed by atoms with Crippen molar-refractivity contribution in [2.75, 3.05) is 43.6 Å². The Balaban J connectivity index is 2.00. The van der Waals surface area contributed by atoms with Crippen LogP contribution in [-0.2, 0) is 4.74 Å². The Bertz CT molecular complexity index is 425. The van der Waals surface area contributed by atoms with Crippen LogP contribution in [0.1, 0.15) is 26.2 Å². The van der Waals surface area contributed by atoms with Crippen LogP contribution >= 0.6 is 11.6 Å². The van der Waals surface area contributed by atoms with Gasteiger partial charge in [-0.25, -0.2) is 0 Å². The van der Waals surface area contributed by atoms with Gasteiger partial charge >= 0.3 is 0 Å². The van der Waals surface area contributed by atoms with Gasteiger partial charge in [-0.2, -0.15) is 15.0 Å². The topological polar surface area (TPSA) is 63.2 Å². The average Bonchev–Trinajstić information content (AvgIpc) is 2.45. The van der Waals surface area contributed by atoms with E-state index in [4.69, 9.17) is 16.3 Å². The molecule has 1 aromatic heterocycles. The van der Waals surface area contributed by atoms with Crippen molar-refractivity contribution < 1.29 is 4.74 Å². The van der Waals surface area contributed by atoms with Gasteiger partial charge in [0.15, 0.2) is 0 Å². The van der Waals surface area contributed by atoms with E-state index in [1.807, 2.05) is 11.9 Å². The molecule has 0 spiro atoms. The van der Waals surface area contributed by atoms with E-state index in [1.165, 1.54) is 0 Å². The highest BCUT2D eigenvalue weighted by Crippen LogP contribution is 2.19. The Morgan fingerprint density at radius 2 is 2.05 bits per heavy atom. The van der Waals surface area contributed by atoms with Crippen molar-refractivity contribution in [3.8, 4) is 0 Å². The molecule has 2 heterocycles. The second-order valence-electron chi connectivity index (χ2n) is 5.09. The van der Waals surface area contributed by atoms with E-state index in [-0.39, 0.29) is 5.28 Å². The molecule has 1 N–H and O–H groups in total. The van der Waals surface area contributed by atoms with Gasteiger partial charge in [0.05, 0.1) is 0 Å². The van der Waals surface area contributed by atoms with E-state index < -0.39 is 0 Å². The van der Waals surface area contributed by atoms with Crippen molar-refractivity contribution in [1.29, 1.82) is 0 Å². The molecule has 0 radical (unpaired) electrons. The van der Waals surface area contributed by atoms with Crippen molar-refractivity contribution in [1.82, 2.24) is 15.0 Å². The minimum Gasteiger partial charge on any atom is -0.381 e. The Morgan fingerprint density at radius 1 is 1.30 bits per heavy atom. The fourth-order valence-electron chi connectivity index (χ4n) is 2.22. The molecule has 6 nitrogen and oxygen atoms in total. The molecule has 0 atom stereocenters. The fourth-order valence-corrected chi connectivity index (χ4v) is 2.38. The van der Waals surface area contributed by atoms with Crippen LogP contribution in [0.4, 0.5) is 11.9 Å². The minimum atomic E-state index is 0.229. The SMILES string of the molecule is CCCNc1nc(Cl)nc(N(C)CC2CCOCC2)n1. The van der Waals surface area contributed by atoms with E-state index in [9.17, 15) is 0 Å². The summed E-state index contributed by atoms with van der Waals surface area (Å²) in [6.07, 6.45) is 3.19. The van der Waals surface area contributed by atoms with Crippen molar-refractivity contribution >= 4 is 23.5 Å². The van der Waals surface area contributed by atoms with E-state index in [0.717, 1.165) is 45.6 Å². The molecule has 112 valence electrons. The normalized spacial score (nSPS) is 16.1. The molecule has 1 saturated heterocycles. The molecule has 0 bridgehead atoms. The van der Waals surface area contributed by atoms with E-state index in [2.05, 4.69) is 27.2 Å². The van der Waals surface area contributed by atoms with Crippen molar-refractivity contribution in [3.63, 3.8) is 0 Å². The maximum atomic E-state index is 5.97. The second-order valence-corrected chi connectivity index (χ2v) is 5.43. The summed E-state index contributed by atoms with van der Waals surface area (Å²) in [7, 11) is 1.99. The van der Waals surface area contributed by atoms with E-state index >= 15 is 0 Å². The summed E-state index contributed by atoms with van der Waals surface area (Å²) < 4.78 is 5.38. The van der Waals surface area contributed by atoms with E-state index in [0.29, 0.717) is 17.8 Å². The number of rotatable bonds is 6. The number of hydrogen-bond donors (Lipinski definition) is 1. The summed E-state index contributed by atoms with van der Waals surface area (Å²) in [5, 5.41) is 3.37. The zero-order chi connectivity index (χ0) is 14.4. The Kier molecular flexibility index (Phi) is 5.79. The molecule has 0 aliphatic carbocycles. The molecule has 0 saturated carbocycles. The number of hydrogen-bond acceptors (Lipinski definition) is 6. The molecule has 1 aliphatic heterocycles. The van der Waals surface area contributed by atoms with Crippen LogP contribution in [-0.4, -0.2) is 48.3 Å². The fraction of sp³-hybridized carbons (Fsp3) is 0.769. The van der Waals surface area contributed by atoms with Crippen LogP contribution in [0.5, 0.6) is 0 Å². The van der Waals surface area contributed by atoms with Crippen molar-refractivity contribution in [2.45, 2.75) is 26.2 Å². The molecule has 2 rings (SSSR count). The zero-order valence-electron chi connectivity index (χ0n) is 12.1. The number of ether oxygens (including phenoxy) is 1. The standard InChI is InChI=1S/C13H22ClN5O/c1-3-6-15-12-16-11(14)17-13(18-12)19(2)9-10-4-7-20-8-5-10/h10H,3-9H2,1-2H3,(H,15,16,17,18). The van der Waals surface area contributed by atoms with Gasteiger partial charge < -0.3 is 15.0 Å². The summed E-state index contributed by atoms with van der Waals surface area (Å²) in [6, 6.07) is 0. The molecular formula is C13H22ClN5O. The lowest BCUT2D eigenvalue weighted by molar-refractivity contribution is 0.0684. The van der Waals surface area contributed by atoms with Crippen LogP contribution in [0, 0.1) is 5.92 Å². The number of nitrogens with zero attached hydrogens (tertiary/aromatic N) is 4. The van der Waals surface area contributed by atoms with Gasteiger partial charge in [0.1, 0.15) is 0 Å². The maximum Gasteiger partial charge on any atom is 0.231 e. The highest BCUT2D eigenvalue weighted by molar-refractivity contribution is 6.28. The van der Waals surface area contributed by atoms with Gasteiger partial charge in [0.25, 0.3) is 0 Å². The Morgan fingerprint density at radius 3 is 2.75 bits per heavy atom. The lowest BCUT2D eigenvalue weighted by Gasteiger charge is -2.27. The first-order chi connectivity index (χ1) is 9.69. The summed E-state index contributed by atoms with van der Waals surface area (Å²) in [5.41, 5.74) is 0. The molecule has 1 aliphatic rings. The largest absolute Gasteiger partial charge is 0.381 e. The smallest absolute Gasteiger partial charge is 0.231 e. The quantitative estimate of drug-likeness (QED) is 0.869. The third-order valence-corrected chi connectivity index (χ3v) is 3.51. The minimum absolute atomic E-state index is 0.229. The molecule has 7 heteroatoms. The number of aromatic nitrogens is 3. The van der Waals surface area contributed by atoms with Gasteiger partial charge in [0, 0.05) is 33.4 Å². The lowest BCUT2D eigenvalue weighted by atomic mass is 10.0. The molecule has 1 aromatic rings. The van der Waals surface area contributed by atoms with Gasteiger partial charge in [0.2, 0.25) is 17.2 Å². The molecule has 0 amide bonds. The molecule has 0 unspecified atom stereocenters. The average molecular weight is 300 g/mol. The highest BCUT2D eigenvalue weighted by atomic mass is 35.5. The third-order valence-electron chi connectivity index (χ3n) is 3.34. The summed E-state index contributed by atoms with van der Waals surface area (Å²) >= 11 is 5.97. The number of halogens is 1. The monoisotopic (exact) mass is 299 g/mol. The van der Waals surface area contributed by atoms with Gasteiger partial charge in [-0.3, -0.25) is 0 Å². The predicted octanol–water partition coefficient (Wildman–Crippen LogP) is 2.21. The Labute approximate surface area is 124 Å². The summed E-state index contributed by atoms with van der Waals surface area (Å²) in [6.45, 7) is 5.52. The number of anilines is 2. The van der Waals surface area contributed by atoms with Gasteiger partial charge in [-0.15, -0.1) is 0 Å². The van der Waals surface area contributed by atoms with Crippen molar-refractivity contribution in [3.05, 3.63) is 5.28 Å². The first-order valence-corrected chi connectivity index (χ1v) is 7.51. The van der Waals surface area contributed by atoms with Crippen LogP contribution in [0.2, 0.25) is 5.28 Å². The predicted molar refractivity (Wildman–Crippen MR) is 80.4 cm³/mol.